The molecule has 1 fully saturated rings. The van der Waals surface area contributed by atoms with Gasteiger partial charge in [0.05, 0.1) is 10.4 Å². The van der Waals surface area contributed by atoms with Crippen LogP contribution < -0.4 is 5.32 Å². The number of nitrogens with zero attached hydrogens (tertiary/aromatic N) is 4. The Bertz CT molecular complexity index is 991. The van der Waals surface area contributed by atoms with Gasteiger partial charge in [0.15, 0.2) is 5.65 Å². The molecule has 22 heavy (non-hydrogen) atoms. The van der Waals surface area contributed by atoms with Gasteiger partial charge >= 0.3 is 0 Å². The number of amides is 1. The molecule has 3 heterocycles. The molecule has 1 amide bonds. The van der Waals surface area contributed by atoms with Crippen LogP contribution in [0.2, 0.25) is 0 Å². The topological polar surface area (TPSA) is 72.2 Å². The molecule has 6 nitrogen and oxygen atoms in total. The van der Waals surface area contributed by atoms with Crippen molar-refractivity contribution in [1.29, 1.82) is 0 Å². The number of benzene rings is 1. The molecule has 4 rings (SSSR count). The molecule has 2 aromatic heterocycles. The van der Waals surface area contributed by atoms with E-state index in [2.05, 4.69) is 20.8 Å². The maximum Gasteiger partial charge on any atom is 0.263 e. The number of aromatic nitrogens is 4. The highest BCUT2D eigenvalue weighted by atomic mass is 32.2. The van der Waals surface area contributed by atoms with Crippen LogP contribution in [-0.2, 0) is 4.79 Å². The highest BCUT2D eigenvalue weighted by Crippen LogP contribution is 2.29. The lowest BCUT2D eigenvalue weighted by atomic mass is 10.1. The highest BCUT2D eigenvalue weighted by molar-refractivity contribution is 8.26. The van der Waals surface area contributed by atoms with E-state index >= 15 is 0 Å². The summed E-state index contributed by atoms with van der Waals surface area (Å²) in [5.74, 6) is -0.190. The largest absolute Gasteiger partial charge is 0.307 e. The zero-order valence-corrected chi connectivity index (χ0v) is 13.0. The summed E-state index contributed by atoms with van der Waals surface area (Å²) >= 11 is 6.25. The second kappa shape index (κ2) is 4.85. The number of para-hydroxylation sites is 1. The lowest BCUT2D eigenvalue weighted by molar-refractivity contribution is -0.115. The van der Waals surface area contributed by atoms with E-state index in [9.17, 15) is 4.79 Å². The van der Waals surface area contributed by atoms with Crippen molar-refractivity contribution in [2.45, 2.75) is 6.92 Å². The molecule has 8 heteroatoms. The number of carbonyl (C=O) groups excluding carboxylic acids is 1. The van der Waals surface area contributed by atoms with Gasteiger partial charge in [0.2, 0.25) is 0 Å². The number of rotatable bonds is 1. The molecule has 108 valence electrons. The third-order valence-corrected chi connectivity index (χ3v) is 4.61. The Hall–Kier alpha value is -2.32. The molecule has 0 radical (unpaired) electrons. The van der Waals surface area contributed by atoms with E-state index in [-0.39, 0.29) is 5.91 Å². The van der Waals surface area contributed by atoms with Crippen molar-refractivity contribution in [2.75, 3.05) is 0 Å². The van der Waals surface area contributed by atoms with Crippen molar-refractivity contribution in [3.05, 3.63) is 40.3 Å². The number of fused-ring (bicyclic) bond motifs is 3. The van der Waals surface area contributed by atoms with Gasteiger partial charge in [-0.2, -0.15) is 4.52 Å². The van der Waals surface area contributed by atoms with E-state index in [1.54, 1.807) is 10.6 Å². The first kappa shape index (κ1) is 13.4. The molecule has 0 saturated carbocycles. The SMILES string of the molecule is Cc1cccc2cc(/C=C3\SC(=S)NC3=O)c3nnnn3c12. The molecule has 0 aliphatic carbocycles. The second-order valence-corrected chi connectivity index (χ2v) is 6.60. The van der Waals surface area contributed by atoms with Gasteiger partial charge in [0.25, 0.3) is 5.91 Å². The Kier molecular flexibility index (Phi) is 2.95. The molecular formula is C14H9N5OS2. The molecule has 1 N–H and O–H groups in total. The first-order valence-electron chi connectivity index (χ1n) is 6.49. The number of aryl methyl sites for hydroxylation is 1. The summed E-state index contributed by atoms with van der Waals surface area (Å²) in [7, 11) is 0. The molecule has 0 spiro atoms. The summed E-state index contributed by atoms with van der Waals surface area (Å²) < 4.78 is 2.16. The monoisotopic (exact) mass is 327 g/mol. The number of nitrogens with one attached hydrogen (secondary N) is 1. The van der Waals surface area contributed by atoms with Crippen molar-refractivity contribution in [2.24, 2.45) is 0 Å². The standard InChI is InChI=1S/C14H9N5OS2/c1-7-3-2-4-8-5-9(6-10-13(20)15-14(21)22-10)12-16-17-18-19(12)11(7)8/h2-6H,1H3,(H,15,20,21)/b10-6-. The van der Waals surface area contributed by atoms with E-state index in [0.717, 1.165) is 22.0 Å². The molecule has 0 atom stereocenters. The molecule has 1 aliphatic rings. The molecule has 0 unspecified atom stereocenters. The van der Waals surface area contributed by atoms with Crippen molar-refractivity contribution in [3.63, 3.8) is 0 Å². The third-order valence-electron chi connectivity index (χ3n) is 3.45. The molecule has 3 aromatic rings. The van der Waals surface area contributed by atoms with Crippen molar-refractivity contribution in [1.82, 2.24) is 25.4 Å². The molecular weight excluding hydrogens is 318 g/mol. The maximum absolute atomic E-state index is 11.8. The summed E-state index contributed by atoms with van der Waals surface area (Å²) in [5, 5.41) is 15.5. The van der Waals surface area contributed by atoms with Crippen LogP contribution in [0.4, 0.5) is 0 Å². The summed E-state index contributed by atoms with van der Waals surface area (Å²) in [6.45, 7) is 2.01. The Morgan fingerprint density at radius 3 is 3.05 bits per heavy atom. The number of tetrazole rings is 1. The van der Waals surface area contributed by atoms with Crippen LogP contribution in [0.25, 0.3) is 22.6 Å². The normalized spacial score (nSPS) is 16.9. The average Bonchev–Trinajstić information content (AvgIpc) is 3.06. The van der Waals surface area contributed by atoms with Gasteiger partial charge in [-0.15, -0.1) is 5.10 Å². The van der Waals surface area contributed by atoms with E-state index in [4.69, 9.17) is 12.2 Å². The van der Waals surface area contributed by atoms with Gasteiger partial charge in [-0.3, -0.25) is 4.79 Å². The van der Waals surface area contributed by atoms with Gasteiger partial charge in [0, 0.05) is 10.9 Å². The lowest BCUT2D eigenvalue weighted by Gasteiger charge is -2.06. The highest BCUT2D eigenvalue weighted by Gasteiger charge is 2.23. The van der Waals surface area contributed by atoms with Crippen LogP contribution in [0.5, 0.6) is 0 Å². The van der Waals surface area contributed by atoms with E-state index < -0.39 is 0 Å². The molecule has 1 aromatic carbocycles. The van der Waals surface area contributed by atoms with E-state index in [0.29, 0.717) is 14.9 Å². The Morgan fingerprint density at radius 1 is 1.41 bits per heavy atom. The average molecular weight is 327 g/mol. The first-order chi connectivity index (χ1) is 10.6. The van der Waals surface area contributed by atoms with Gasteiger partial charge < -0.3 is 5.32 Å². The predicted molar refractivity (Wildman–Crippen MR) is 89.3 cm³/mol. The number of thiocarbonyl (C=S) groups is 1. The van der Waals surface area contributed by atoms with E-state index in [1.807, 2.05) is 31.2 Å². The van der Waals surface area contributed by atoms with Gasteiger partial charge in [-0.1, -0.05) is 42.2 Å². The Morgan fingerprint density at radius 2 is 2.27 bits per heavy atom. The zero-order chi connectivity index (χ0) is 15.3. The van der Waals surface area contributed by atoms with Crippen LogP contribution in [0.15, 0.2) is 29.2 Å². The van der Waals surface area contributed by atoms with E-state index in [1.165, 1.54) is 11.8 Å². The van der Waals surface area contributed by atoms with Crippen molar-refractivity contribution in [3.8, 4) is 0 Å². The second-order valence-electron chi connectivity index (χ2n) is 4.88. The minimum atomic E-state index is -0.190. The smallest absolute Gasteiger partial charge is 0.263 e. The number of thioether (sulfide) groups is 1. The van der Waals surface area contributed by atoms with Crippen molar-refractivity contribution < 1.29 is 4.79 Å². The quantitative estimate of drug-likeness (QED) is 0.545. The Labute approximate surface area is 134 Å². The van der Waals surface area contributed by atoms with Crippen LogP contribution >= 0.6 is 24.0 Å². The fraction of sp³-hybridized carbons (Fsp3) is 0.0714. The fourth-order valence-electron chi connectivity index (χ4n) is 2.51. The molecule has 1 saturated heterocycles. The number of hydrogen-bond acceptors (Lipinski definition) is 6. The lowest BCUT2D eigenvalue weighted by Crippen LogP contribution is -2.17. The van der Waals surface area contributed by atoms with Crippen LogP contribution in [0.3, 0.4) is 0 Å². The van der Waals surface area contributed by atoms with Crippen LogP contribution in [0.1, 0.15) is 11.1 Å². The van der Waals surface area contributed by atoms with Gasteiger partial charge in [-0.05, 0) is 35.1 Å². The minimum absolute atomic E-state index is 0.190. The maximum atomic E-state index is 11.8. The van der Waals surface area contributed by atoms with Gasteiger partial charge in [0.1, 0.15) is 4.32 Å². The van der Waals surface area contributed by atoms with Gasteiger partial charge in [-0.25, -0.2) is 0 Å². The predicted octanol–water partition coefficient (Wildman–Crippen LogP) is 2.07. The molecule has 0 bridgehead atoms. The first-order valence-corrected chi connectivity index (χ1v) is 7.71. The van der Waals surface area contributed by atoms with Crippen molar-refractivity contribution >= 4 is 56.8 Å². The fourth-order valence-corrected chi connectivity index (χ4v) is 3.54. The summed E-state index contributed by atoms with van der Waals surface area (Å²) in [6, 6.07) is 7.98. The number of hydrogen-bond donors (Lipinski definition) is 1. The number of pyridine rings is 1. The molecule has 1 aliphatic heterocycles. The van der Waals surface area contributed by atoms with Crippen LogP contribution in [0, 0.1) is 6.92 Å². The third kappa shape index (κ3) is 1.99. The minimum Gasteiger partial charge on any atom is -0.307 e. The number of carbonyl (C=O) groups is 1. The van der Waals surface area contributed by atoms with Crippen LogP contribution in [-0.4, -0.2) is 30.3 Å². The summed E-state index contributed by atoms with van der Waals surface area (Å²) in [5.41, 5.74) is 3.44. The Balaban J connectivity index is 2.02. The zero-order valence-electron chi connectivity index (χ0n) is 11.4. The summed E-state index contributed by atoms with van der Waals surface area (Å²) in [4.78, 5) is 12.4. The summed E-state index contributed by atoms with van der Waals surface area (Å²) in [6.07, 6.45) is 1.77.